The first-order chi connectivity index (χ1) is 10.8. The van der Waals surface area contributed by atoms with Gasteiger partial charge in [-0.05, 0) is 45.3 Å². The zero-order chi connectivity index (χ0) is 16.7. The van der Waals surface area contributed by atoms with E-state index in [-0.39, 0.29) is 0 Å². The lowest BCUT2D eigenvalue weighted by Crippen LogP contribution is -2.41. The summed E-state index contributed by atoms with van der Waals surface area (Å²) in [6.45, 7) is 8.02. The van der Waals surface area contributed by atoms with Gasteiger partial charge in [0.1, 0.15) is 0 Å². The third-order valence-electron chi connectivity index (χ3n) is 4.47. The van der Waals surface area contributed by atoms with E-state index in [0.717, 1.165) is 11.0 Å². The summed E-state index contributed by atoms with van der Waals surface area (Å²) >= 11 is 0. The SMILES string of the molecule is CC1(C)OB(c2cc(C#N)cc(-c3cnccn3)c2)OC1(C)C. The van der Waals surface area contributed by atoms with Gasteiger partial charge in [-0.15, -0.1) is 0 Å². The second kappa shape index (κ2) is 5.45. The van der Waals surface area contributed by atoms with E-state index in [1.54, 1.807) is 30.7 Å². The Morgan fingerprint density at radius 2 is 1.74 bits per heavy atom. The van der Waals surface area contributed by atoms with E-state index in [9.17, 15) is 5.26 Å². The lowest BCUT2D eigenvalue weighted by molar-refractivity contribution is 0.00578. The number of nitriles is 1. The van der Waals surface area contributed by atoms with Crippen LogP contribution in [0.25, 0.3) is 11.3 Å². The lowest BCUT2D eigenvalue weighted by Gasteiger charge is -2.32. The van der Waals surface area contributed by atoms with Crippen molar-refractivity contribution in [3.05, 3.63) is 42.4 Å². The maximum Gasteiger partial charge on any atom is 0.494 e. The minimum Gasteiger partial charge on any atom is -0.399 e. The maximum atomic E-state index is 9.31. The quantitative estimate of drug-likeness (QED) is 0.796. The first kappa shape index (κ1) is 15.7. The highest BCUT2D eigenvalue weighted by Crippen LogP contribution is 2.36. The zero-order valence-corrected chi connectivity index (χ0v) is 13.7. The molecule has 0 spiro atoms. The van der Waals surface area contributed by atoms with Crippen LogP contribution in [0.2, 0.25) is 0 Å². The van der Waals surface area contributed by atoms with Crippen LogP contribution in [0.5, 0.6) is 0 Å². The Labute approximate surface area is 136 Å². The molecule has 1 fully saturated rings. The van der Waals surface area contributed by atoms with E-state index < -0.39 is 18.3 Å². The van der Waals surface area contributed by atoms with Crippen molar-refractivity contribution < 1.29 is 9.31 Å². The van der Waals surface area contributed by atoms with Crippen LogP contribution in [0.3, 0.4) is 0 Å². The van der Waals surface area contributed by atoms with Crippen LogP contribution in [-0.2, 0) is 9.31 Å². The molecule has 5 nitrogen and oxygen atoms in total. The molecule has 116 valence electrons. The first-order valence-corrected chi connectivity index (χ1v) is 7.49. The van der Waals surface area contributed by atoms with Crippen LogP contribution in [0, 0.1) is 11.3 Å². The molecule has 0 N–H and O–H groups in total. The van der Waals surface area contributed by atoms with Crippen molar-refractivity contribution in [2.45, 2.75) is 38.9 Å². The van der Waals surface area contributed by atoms with Gasteiger partial charge in [0.15, 0.2) is 0 Å². The number of hydrogen-bond acceptors (Lipinski definition) is 5. The number of nitrogens with zero attached hydrogens (tertiary/aromatic N) is 3. The summed E-state index contributed by atoms with van der Waals surface area (Å²) in [5.74, 6) is 0. The molecule has 3 rings (SSSR count). The summed E-state index contributed by atoms with van der Waals surface area (Å²) in [6.07, 6.45) is 4.92. The Hall–Kier alpha value is -2.23. The summed E-state index contributed by atoms with van der Waals surface area (Å²) in [5, 5.41) is 9.31. The van der Waals surface area contributed by atoms with Gasteiger partial charge in [0.2, 0.25) is 0 Å². The lowest BCUT2D eigenvalue weighted by atomic mass is 9.77. The molecule has 2 aromatic rings. The summed E-state index contributed by atoms with van der Waals surface area (Å²) < 4.78 is 12.1. The third-order valence-corrected chi connectivity index (χ3v) is 4.47. The second-order valence-electron chi connectivity index (χ2n) is 6.63. The highest BCUT2D eigenvalue weighted by Gasteiger charge is 2.51. The first-order valence-electron chi connectivity index (χ1n) is 7.49. The summed E-state index contributed by atoms with van der Waals surface area (Å²) in [4.78, 5) is 8.38. The fraction of sp³-hybridized carbons (Fsp3) is 0.353. The Morgan fingerprint density at radius 3 is 2.30 bits per heavy atom. The normalized spacial score (nSPS) is 18.7. The molecule has 0 amide bonds. The van der Waals surface area contributed by atoms with Crippen molar-refractivity contribution in [2.75, 3.05) is 0 Å². The van der Waals surface area contributed by atoms with Crippen LogP contribution in [-0.4, -0.2) is 28.3 Å². The van der Waals surface area contributed by atoms with Gasteiger partial charge in [-0.2, -0.15) is 5.26 Å². The Bertz CT molecular complexity index is 753. The summed E-state index contributed by atoms with van der Waals surface area (Å²) in [5.41, 5.74) is 2.03. The molecule has 0 aliphatic carbocycles. The van der Waals surface area contributed by atoms with Gasteiger partial charge in [-0.3, -0.25) is 9.97 Å². The molecule has 0 atom stereocenters. The smallest absolute Gasteiger partial charge is 0.399 e. The zero-order valence-electron chi connectivity index (χ0n) is 13.7. The van der Waals surface area contributed by atoms with Gasteiger partial charge in [-0.25, -0.2) is 0 Å². The minimum absolute atomic E-state index is 0.424. The van der Waals surface area contributed by atoms with E-state index in [4.69, 9.17) is 9.31 Å². The average Bonchev–Trinajstić information content (AvgIpc) is 2.76. The van der Waals surface area contributed by atoms with Gasteiger partial charge >= 0.3 is 7.12 Å². The van der Waals surface area contributed by atoms with Crippen molar-refractivity contribution in [3.8, 4) is 17.3 Å². The predicted octanol–water partition coefficient (Wildman–Crippen LogP) is 2.31. The van der Waals surface area contributed by atoms with Gasteiger partial charge < -0.3 is 9.31 Å². The van der Waals surface area contributed by atoms with Crippen LogP contribution in [0.1, 0.15) is 33.3 Å². The molecule has 2 heterocycles. The fourth-order valence-corrected chi connectivity index (χ4v) is 2.43. The van der Waals surface area contributed by atoms with Crippen molar-refractivity contribution in [2.24, 2.45) is 0 Å². The fourth-order valence-electron chi connectivity index (χ4n) is 2.43. The molecule has 0 bridgehead atoms. The standard InChI is InChI=1S/C17H18BN3O2/c1-16(2)17(3,4)23-18(22-16)14-8-12(10-19)7-13(9-14)15-11-20-5-6-21-15/h5-9,11H,1-4H3. The summed E-state index contributed by atoms with van der Waals surface area (Å²) in [7, 11) is -0.510. The molecule has 1 aromatic heterocycles. The van der Waals surface area contributed by atoms with Gasteiger partial charge in [0.25, 0.3) is 0 Å². The van der Waals surface area contributed by atoms with Crippen molar-refractivity contribution in [1.29, 1.82) is 5.26 Å². The Morgan fingerprint density at radius 1 is 1.04 bits per heavy atom. The van der Waals surface area contributed by atoms with Crippen LogP contribution < -0.4 is 5.46 Å². The van der Waals surface area contributed by atoms with E-state index in [0.29, 0.717) is 11.3 Å². The average molecular weight is 307 g/mol. The molecule has 1 aliphatic heterocycles. The van der Waals surface area contributed by atoms with E-state index >= 15 is 0 Å². The Kier molecular flexibility index (Phi) is 3.71. The van der Waals surface area contributed by atoms with Crippen LogP contribution in [0.4, 0.5) is 0 Å². The third kappa shape index (κ3) is 2.86. The topological polar surface area (TPSA) is 68.0 Å². The van der Waals surface area contributed by atoms with Gasteiger partial charge in [0, 0.05) is 18.0 Å². The molecule has 0 saturated carbocycles. The number of benzene rings is 1. The van der Waals surface area contributed by atoms with Crippen molar-refractivity contribution in [1.82, 2.24) is 9.97 Å². The van der Waals surface area contributed by atoms with Crippen LogP contribution in [0.15, 0.2) is 36.8 Å². The monoisotopic (exact) mass is 307 g/mol. The molecular weight excluding hydrogens is 289 g/mol. The molecule has 1 aromatic carbocycles. The number of hydrogen-bond donors (Lipinski definition) is 0. The molecule has 0 unspecified atom stereocenters. The largest absolute Gasteiger partial charge is 0.494 e. The van der Waals surface area contributed by atoms with Crippen molar-refractivity contribution >= 4 is 12.6 Å². The van der Waals surface area contributed by atoms with Crippen molar-refractivity contribution in [3.63, 3.8) is 0 Å². The van der Waals surface area contributed by atoms with Gasteiger partial charge in [-0.1, -0.05) is 6.07 Å². The van der Waals surface area contributed by atoms with E-state index in [1.165, 1.54) is 0 Å². The number of rotatable bonds is 2. The molecule has 1 aliphatic rings. The molecular formula is C17H18BN3O2. The Balaban J connectivity index is 2.03. The minimum atomic E-state index is -0.510. The maximum absolute atomic E-state index is 9.31. The molecule has 6 heteroatoms. The summed E-state index contributed by atoms with van der Waals surface area (Å²) in [6, 6.07) is 7.70. The number of aromatic nitrogens is 2. The highest BCUT2D eigenvalue weighted by molar-refractivity contribution is 6.62. The van der Waals surface area contributed by atoms with E-state index in [1.807, 2.05) is 33.8 Å². The predicted molar refractivity (Wildman–Crippen MR) is 87.9 cm³/mol. The second-order valence-corrected chi connectivity index (χ2v) is 6.63. The van der Waals surface area contributed by atoms with E-state index in [2.05, 4.69) is 16.0 Å². The van der Waals surface area contributed by atoms with Gasteiger partial charge in [0.05, 0.1) is 34.7 Å². The molecule has 23 heavy (non-hydrogen) atoms. The molecule has 0 radical (unpaired) electrons. The highest BCUT2D eigenvalue weighted by atomic mass is 16.7. The van der Waals surface area contributed by atoms with Crippen LogP contribution >= 0.6 is 0 Å². The molecule has 1 saturated heterocycles.